The monoisotopic (exact) mass is 371 g/mol. The Kier molecular flexibility index (Phi) is 8.75. The number of benzene rings is 1. The summed E-state index contributed by atoms with van der Waals surface area (Å²) in [6.45, 7) is 5.36. The van der Waals surface area contributed by atoms with Crippen molar-refractivity contribution in [3.8, 4) is 0 Å². The van der Waals surface area contributed by atoms with Crippen LogP contribution < -0.4 is 4.90 Å². The first-order valence-corrected chi connectivity index (χ1v) is 9.22. The number of carbonyl (C=O) groups excluding carboxylic acids is 3. The van der Waals surface area contributed by atoms with Crippen LogP contribution in [-0.4, -0.2) is 16.9 Å². The Bertz CT molecular complexity index is 631. The lowest BCUT2D eigenvalue weighted by molar-refractivity contribution is -0.126. The van der Waals surface area contributed by atoms with E-state index in [1.165, 1.54) is 0 Å². The zero-order valence-corrected chi connectivity index (χ0v) is 15.5. The maximum atomic E-state index is 14.3. The molecule has 0 aliphatic heterocycles. The van der Waals surface area contributed by atoms with Gasteiger partial charge in [0.15, 0.2) is 5.12 Å². The predicted molar refractivity (Wildman–Crippen MR) is 94.4 cm³/mol. The lowest BCUT2D eigenvalue weighted by Crippen LogP contribution is -2.37. The molecule has 0 heterocycles. The number of rotatable bonds is 8. The van der Waals surface area contributed by atoms with Gasteiger partial charge in [0.25, 0.3) is 0 Å². The van der Waals surface area contributed by atoms with Crippen LogP contribution in [0.1, 0.15) is 59.3 Å². The zero-order chi connectivity index (χ0) is 19.0. The highest BCUT2D eigenvalue weighted by molar-refractivity contribution is 8.13. The molecule has 0 saturated heterocycles. The number of amides is 2. The molecule has 0 N–H and O–H groups in total. The molecule has 0 saturated carbocycles. The quantitative estimate of drug-likeness (QED) is 0.614. The summed E-state index contributed by atoms with van der Waals surface area (Å²) < 4.78 is 28.3. The van der Waals surface area contributed by atoms with Crippen LogP contribution in [0.15, 0.2) is 17.0 Å². The Hall–Kier alpha value is -1.76. The Morgan fingerprint density at radius 3 is 1.88 bits per heavy atom. The SMILES string of the molecule is CCCC(=O)Sc1cc(N(C(=O)CCC)C(=O)CCC)c(F)cc1F. The van der Waals surface area contributed by atoms with Crippen molar-refractivity contribution in [1.29, 1.82) is 0 Å². The maximum absolute atomic E-state index is 14.3. The van der Waals surface area contributed by atoms with E-state index in [1.54, 1.807) is 13.8 Å². The minimum absolute atomic E-state index is 0.0729. The fourth-order valence-electron chi connectivity index (χ4n) is 2.20. The van der Waals surface area contributed by atoms with Crippen LogP contribution in [0.5, 0.6) is 0 Å². The molecule has 0 aromatic heterocycles. The second kappa shape index (κ2) is 10.3. The minimum Gasteiger partial charge on any atom is -0.287 e. The number of carbonyl (C=O) groups is 3. The van der Waals surface area contributed by atoms with Crippen LogP contribution >= 0.6 is 11.8 Å². The number of nitrogens with zero attached hydrogens (tertiary/aromatic N) is 1. The molecule has 0 unspecified atom stereocenters. The average molecular weight is 371 g/mol. The van der Waals surface area contributed by atoms with Crippen molar-refractivity contribution < 1.29 is 23.2 Å². The van der Waals surface area contributed by atoms with Crippen LogP contribution in [0.4, 0.5) is 14.5 Å². The molecule has 1 aromatic rings. The Morgan fingerprint density at radius 1 is 0.880 bits per heavy atom. The second-order valence-corrected chi connectivity index (χ2v) is 6.68. The smallest absolute Gasteiger partial charge is 0.233 e. The van der Waals surface area contributed by atoms with E-state index in [1.807, 2.05) is 6.92 Å². The summed E-state index contributed by atoms with van der Waals surface area (Å²) in [5.74, 6) is -2.97. The summed E-state index contributed by atoms with van der Waals surface area (Å²) in [4.78, 5) is 37.1. The van der Waals surface area contributed by atoms with Gasteiger partial charge in [-0.25, -0.2) is 13.7 Å². The lowest BCUT2D eigenvalue weighted by Gasteiger charge is -2.22. The number of halogens is 2. The molecule has 2 amide bonds. The van der Waals surface area contributed by atoms with Gasteiger partial charge in [-0.15, -0.1) is 0 Å². The highest BCUT2D eigenvalue weighted by Crippen LogP contribution is 2.32. The summed E-state index contributed by atoms with van der Waals surface area (Å²) in [7, 11) is 0. The number of imide groups is 1. The zero-order valence-electron chi connectivity index (χ0n) is 14.7. The molecule has 1 aromatic carbocycles. The molecule has 0 spiro atoms. The Balaban J connectivity index is 3.30. The first kappa shape index (κ1) is 21.3. The first-order chi connectivity index (χ1) is 11.8. The van der Waals surface area contributed by atoms with E-state index in [-0.39, 0.29) is 35.0 Å². The van der Waals surface area contributed by atoms with Gasteiger partial charge >= 0.3 is 0 Å². The molecule has 0 aliphatic rings. The van der Waals surface area contributed by atoms with E-state index in [0.717, 1.165) is 11.0 Å². The van der Waals surface area contributed by atoms with Crippen molar-refractivity contribution in [3.63, 3.8) is 0 Å². The van der Waals surface area contributed by atoms with Gasteiger partial charge in [-0.3, -0.25) is 14.4 Å². The van der Waals surface area contributed by atoms with E-state index < -0.39 is 23.4 Å². The molecule has 4 nitrogen and oxygen atoms in total. The molecule has 0 bridgehead atoms. The standard InChI is InChI=1S/C18H23F2NO3S/c1-4-7-16(22)21(17(23)8-5-2)14-11-15(13(20)10-12(14)19)25-18(24)9-6-3/h10-11H,4-9H2,1-3H3. The molecule has 1 rings (SSSR count). The molecule has 0 fully saturated rings. The normalized spacial score (nSPS) is 10.6. The fourth-order valence-corrected chi connectivity index (χ4v) is 3.08. The number of thioether (sulfide) groups is 1. The van der Waals surface area contributed by atoms with E-state index in [4.69, 9.17) is 0 Å². The molecule has 25 heavy (non-hydrogen) atoms. The van der Waals surface area contributed by atoms with Crippen molar-refractivity contribution in [3.05, 3.63) is 23.8 Å². The van der Waals surface area contributed by atoms with Gasteiger partial charge in [0, 0.05) is 25.3 Å². The predicted octanol–water partition coefficient (Wildman–Crippen LogP) is 4.84. The largest absolute Gasteiger partial charge is 0.287 e. The topological polar surface area (TPSA) is 54.5 Å². The molecule has 138 valence electrons. The van der Waals surface area contributed by atoms with Crippen molar-refractivity contribution in [2.75, 3.05) is 4.90 Å². The maximum Gasteiger partial charge on any atom is 0.233 e. The Labute approximate surface area is 151 Å². The van der Waals surface area contributed by atoms with Crippen LogP contribution in [0.25, 0.3) is 0 Å². The van der Waals surface area contributed by atoms with E-state index in [2.05, 4.69) is 0 Å². The molecule has 0 atom stereocenters. The lowest BCUT2D eigenvalue weighted by atomic mass is 10.2. The van der Waals surface area contributed by atoms with E-state index >= 15 is 0 Å². The fraction of sp³-hybridized carbons (Fsp3) is 0.500. The van der Waals surface area contributed by atoms with Crippen molar-refractivity contribution in [1.82, 2.24) is 0 Å². The summed E-state index contributed by atoms with van der Waals surface area (Å²) in [5, 5.41) is -0.259. The van der Waals surface area contributed by atoms with Crippen molar-refractivity contribution in [2.24, 2.45) is 0 Å². The van der Waals surface area contributed by atoms with Gasteiger partial charge < -0.3 is 0 Å². The van der Waals surface area contributed by atoms with E-state index in [0.29, 0.717) is 37.1 Å². The van der Waals surface area contributed by atoms with Crippen molar-refractivity contribution >= 4 is 34.4 Å². The van der Waals surface area contributed by atoms with Crippen LogP contribution in [0.2, 0.25) is 0 Å². The van der Waals surface area contributed by atoms with Gasteiger partial charge in [-0.2, -0.15) is 0 Å². The number of hydrogen-bond acceptors (Lipinski definition) is 4. The first-order valence-electron chi connectivity index (χ1n) is 8.41. The average Bonchev–Trinajstić information content (AvgIpc) is 2.52. The van der Waals surface area contributed by atoms with Crippen LogP contribution in [0.3, 0.4) is 0 Å². The molecule has 0 radical (unpaired) electrons. The summed E-state index contributed by atoms with van der Waals surface area (Å²) >= 11 is 0.655. The van der Waals surface area contributed by atoms with Crippen LogP contribution in [-0.2, 0) is 14.4 Å². The van der Waals surface area contributed by atoms with Gasteiger partial charge in [0.1, 0.15) is 11.6 Å². The third kappa shape index (κ3) is 5.92. The summed E-state index contributed by atoms with van der Waals surface area (Å²) in [5.41, 5.74) is -0.301. The summed E-state index contributed by atoms with van der Waals surface area (Å²) in [6.07, 6.45) is 2.00. The van der Waals surface area contributed by atoms with Gasteiger partial charge in [-0.05, 0) is 37.1 Å². The molecule has 7 heteroatoms. The third-order valence-corrected chi connectivity index (χ3v) is 4.31. The number of anilines is 1. The molecule has 0 aliphatic carbocycles. The molecular formula is C18H23F2NO3S. The van der Waals surface area contributed by atoms with Gasteiger partial charge in [0.05, 0.1) is 10.6 Å². The molecular weight excluding hydrogens is 348 g/mol. The highest BCUT2D eigenvalue weighted by atomic mass is 32.2. The Morgan fingerprint density at radius 2 is 1.40 bits per heavy atom. The number of hydrogen-bond donors (Lipinski definition) is 0. The third-order valence-electron chi connectivity index (χ3n) is 3.35. The highest BCUT2D eigenvalue weighted by Gasteiger charge is 2.26. The van der Waals surface area contributed by atoms with Gasteiger partial charge in [0.2, 0.25) is 11.8 Å². The second-order valence-electron chi connectivity index (χ2n) is 5.58. The minimum atomic E-state index is -1.00. The van der Waals surface area contributed by atoms with E-state index in [9.17, 15) is 23.2 Å². The van der Waals surface area contributed by atoms with Gasteiger partial charge in [-0.1, -0.05) is 20.8 Å². The summed E-state index contributed by atoms with van der Waals surface area (Å²) in [6, 6.07) is 1.69. The van der Waals surface area contributed by atoms with Crippen LogP contribution in [0, 0.1) is 11.6 Å². The van der Waals surface area contributed by atoms with Crippen molar-refractivity contribution in [2.45, 2.75) is 64.2 Å².